The Morgan fingerprint density at radius 3 is 2.45 bits per heavy atom. The fourth-order valence-corrected chi connectivity index (χ4v) is 8.98. The molecule has 5 rings (SSSR count). The van der Waals surface area contributed by atoms with Crippen LogP contribution in [0.2, 0.25) is 0 Å². The Morgan fingerprint density at radius 2 is 1.71 bits per heavy atom. The minimum Gasteiger partial charge on any atom is -0.463 e. The number of ether oxygens (including phenoxy) is 1. The van der Waals surface area contributed by atoms with Gasteiger partial charge in [0.1, 0.15) is 6.10 Å². The summed E-state index contributed by atoms with van der Waals surface area (Å²) in [5.74, 6) is 3.16. The predicted molar refractivity (Wildman–Crippen MR) is 120 cm³/mol. The van der Waals surface area contributed by atoms with Crippen LogP contribution in [0.1, 0.15) is 91.4 Å². The van der Waals surface area contributed by atoms with Crippen LogP contribution in [0, 0.1) is 34.5 Å². The van der Waals surface area contributed by atoms with Crippen LogP contribution >= 0.6 is 0 Å². The van der Waals surface area contributed by atoms with Crippen molar-refractivity contribution in [3.8, 4) is 0 Å². The molecule has 2 N–H and O–H groups in total. The molecular weight excluding hydrogens is 388 g/mol. The maximum atomic E-state index is 12.8. The van der Waals surface area contributed by atoms with Gasteiger partial charge in [-0.25, -0.2) is 0 Å². The highest BCUT2D eigenvalue weighted by molar-refractivity contribution is 5.82. The average molecular weight is 431 g/mol. The summed E-state index contributed by atoms with van der Waals surface area (Å²) in [6.45, 7) is 7.57. The minimum atomic E-state index is -0.123. The number of hydrogen-bond donors (Lipinski definition) is 2. The number of nitrogens with one attached hydrogen (secondary N) is 2. The number of esters is 1. The van der Waals surface area contributed by atoms with Crippen LogP contribution in [0.15, 0.2) is 0 Å². The second kappa shape index (κ2) is 8.04. The third-order valence-corrected chi connectivity index (χ3v) is 10.6. The molecule has 0 aromatic heterocycles. The maximum Gasteiger partial charge on any atom is 0.302 e. The maximum absolute atomic E-state index is 12.8. The van der Waals surface area contributed by atoms with Crippen LogP contribution in [-0.2, 0) is 14.3 Å². The van der Waals surface area contributed by atoms with Crippen molar-refractivity contribution in [3.63, 3.8) is 0 Å². The molecule has 0 unspecified atom stereocenters. The lowest BCUT2D eigenvalue weighted by atomic mass is 9.45. The summed E-state index contributed by atoms with van der Waals surface area (Å²) >= 11 is 0. The molecule has 5 aliphatic rings. The summed E-state index contributed by atoms with van der Waals surface area (Å²) in [5, 5.41) is 6.86. The number of hydrogen-bond acceptors (Lipinski definition) is 4. The molecule has 5 fully saturated rings. The second-order valence-electron chi connectivity index (χ2n) is 12.0. The Hall–Kier alpha value is -1.10. The Bertz CT molecular complexity index is 719. The summed E-state index contributed by atoms with van der Waals surface area (Å²) in [5.41, 5.74) is 0.656. The Morgan fingerprint density at radius 1 is 0.935 bits per heavy atom. The van der Waals surface area contributed by atoms with E-state index < -0.39 is 0 Å². The van der Waals surface area contributed by atoms with Gasteiger partial charge in [0.15, 0.2) is 0 Å². The summed E-state index contributed by atoms with van der Waals surface area (Å²) in [4.78, 5) is 24.3. The highest BCUT2D eigenvalue weighted by Crippen LogP contribution is 2.66. The van der Waals surface area contributed by atoms with Crippen molar-refractivity contribution >= 4 is 11.9 Å². The lowest BCUT2D eigenvalue weighted by Crippen LogP contribution is -2.57. The van der Waals surface area contributed by atoms with Crippen LogP contribution in [0.3, 0.4) is 0 Å². The first-order valence-corrected chi connectivity index (χ1v) is 13.0. The van der Waals surface area contributed by atoms with Crippen molar-refractivity contribution in [3.05, 3.63) is 0 Å². The smallest absolute Gasteiger partial charge is 0.302 e. The Labute approximate surface area is 187 Å². The standard InChI is InChI=1S/C26H42N2O3/c1-16(29)31-18-10-12-25(2)17(15-18)6-7-19-20-8-9-23(26(20,3)13-11-21(19)25)28-24(30)22-5-4-14-27-22/h17-23,27H,4-15H2,1-3H3,(H,28,30)/t17-,18-,19-,20-,21-,22-,23-,25-,26-/m0/s1. The first-order chi connectivity index (χ1) is 14.8. The minimum absolute atomic E-state index is 0.0285. The van der Waals surface area contributed by atoms with Crippen LogP contribution in [-0.4, -0.2) is 36.6 Å². The van der Waals surface area contributed by atoms with Crippen LogP contribution in [0.4, 0.5) is 0 Å². The summed E-state index contributed by atoms with van der Waals surface area (Å²) < 4.78 is 5.62. The summed E-state index contributed by atoms with van der Waals surface area (Å²) in [6.07, 6.45) is 13.1. The molecule has 1 heterocycles. The van der Waals surface area contributed by atoms with Crippen molar-refractivity contribution in [2.24, 2.45) is 34.5 Å². The van der Waals surface area contributed by atoms with E-state index in [4.69, 9.17) is 4.74 Å². The molecule has 174 valence electrons. The lowest BCUT2D eigenvalue weighted by Gasteiger charge is -2.61. The number of carbonyl (C=O) groups excluding carboxylic acids is 2. The van der Waals surface area contributed by atoms with E-state index in [0.717, 1.165) is 56.4 Å². The second-order valence-corrected chi connectivity index (χ2v) is 12.0. The van der Waals surface area contributed by atoms with Crippen molar-refractivity contribution < 1.29 is 14.3 Å². The fraction of sp³-hybridized carbons (Fsp3) is 0.923. The highest BCUT2D eigenvalue weighted by atomic mass is 16.5. The molecule has 0 radical (unpaired) electrons. The van der Waals surface area contributed by atoms with Crippen LogP contribution < -0.4 is 10.6 Å². The van der Waals surface area contributed by atoms with Crippen LogP contribution in [0.5, 0.6) is 0 Å². The zero-order valence-corrected chi connectivity index (χ0v) is 19.8. The topological polar surface area (TPSA) is 67.4 Å². The molecule has 4 aliphatic carbocycles. The highest BCUT2D eigenvalue weighted by Gasteiger charge is 2.60. The Balaban J connectivity index is 1.28. The van der Waals surface area contributed by atoms with E-state index >= 15 is 0 Å². The quantitative estimate of drug-likeness (QED) is 0.659. The van der Waals surface area contributed by atoms with E-state index in [0.29, 0.717) is 17.4 Å². The SMILES string of the molecule is CC(=O)O[C@H]1CC[C@@]2(C)[C@@H](CC[C@@H]3[C@@H]2CC[C@]2(C)[C@@H](NC(=O)[C@@H]4CCCN4)CC[C@@H]32)C1. The van der Waals surface area contributed by atoms with Gasteiger partial charge in [0.2, 0.25) is 5.91 Å². The Kier molecular flexibility index (Phi) is 5.64. The van der Waals surface area contributed by atoms with E-state index in [1.165, 1.54) is 38.5 Å². The van der Waals surface area contributed by atoms with Gasteiger partial charge in [0.05, 0.1) is 6.04 Å². The van der Waals surface area contributed by atoms with Crippen LogP contribution in [0.25, 0.3) is 0 Å². The van der Waals surface area contributed by atoms with E-state index in [-0.39, 0.29) is 29.4 Å². The third-order valence-electron chi connectivity index (χ3n) is 10.6. The van der Waals surface area contributed by atoms with Crippen molar-refractivity contribution in [2.75, 3.05) is 6.54 Å². The summed E-state index contributed by atoms with van der Waals surface area (Å²) in [7, 11) is 0. The van der Waals surface area contributed by atoms with Gasteiger partial charge in [0.25, 0.3) is 0 Å². The zero-order valence-electron chi connectivity index (χ0n) is 19.8. The average Bonchev–Trinajstić information content (AvgIpc) is 3.36. The van der Waals surface area contributed by atoms with Gasteiger partial charge in [-0.15, -0.1) is 0 Å². The predicted octanol–water partition coefficient (Wildman–Crippen LogP) is 4.20. The zero-order chi connectivity index (χ0) is 21.8. The van der Waals surface area contributed by atoms with Gasteiger partial charge in [-0.2, -0.15) is 0 Å². The van der Waals surface area contributed by atoms with Gasteiger partial charge < -0.3 is 15.4 Å². The molecule has 5 nitrogen and oxygen atoms in total. The number of amides is 1. The van der Waals surface area contributed by atoms with Gasteiger partial charge in [-0.1, -0.05) is 13.8 Å². The van der Waals surface area contributed by atoms with Crippen molar-refractivity contribution in [2.45, 2.75) is 110 Å². The normalized spacial score (nSPS) is 48.9. The van der Waals surface area contributed by atoms with Gasteiger partial charge in [-0.05, 0) is 112 Å². The van der Waals surface area contributed by atoms with Crippen molar-refractivity contribution in [1.82, 2.24) is 10.6 Å². The molecular formula is C26H42N2O3. The van der Waals surface area contributed by atoms with E-state index in [2.05, 4.69) is 24.5 Å². The largest absolute Gasteiger partial charge is 0.463 e. The van der Waals surface area contributed by atoms with Crippen molar-refractivity contribution in [1.29, 1.82) is 0 Å². The first-order valence-electron chi connectivity index (χ1n) is 13.0. The molecule has 1 amide bonds. The molecule has 0 spiro atoms. The third kappa shape index (κ3) is 3.63. The number of fused-ring (bicyclic) bond motifs is 5. The van der Waals surface area contributed by atoms with Gasteiger partial charge >= 0.3 is 5.97 Å². The number of carbonyl (C=O) groups is 2. The molecule has 5 heteroatoms. The molecule has 0 aromatic carbocycles. The monoisotopic (exact) mass is 430 g/mol. The first kappa shape index (κ1) is 21.7. The fourth-order valence-electron chi connectivity index (χ4n) is 8.98. The molecule has 0 bridgehead atoms. The molecule has 9 atom stereocenters. The number of rotatable bonds is 3. The van der Waals surface area contributed by atoms with E-state index in [9.17, 15) is 9.59 Å². The van der Waals surface area contributed by atoms with E-state index in [1.54, 1.807) is 6.92 Å². The molecule has 4 saturated carbocycles. The van der Waals surface area contributed by atoms with E-state index in [1.807, 2.05) is 0 Å². The molecule has 1 saturated heterocycles. The molecule has 1 aliphatic heterocycles. The van der Waals surface area contributed by atoms with Gasteiger partial charge in [0, 0.05) is 13.0 Å². The molecule has 31 heavy (non-hydrogen) atoms. The lowest BCUT2D eigenvalue weighted by molar-refractivity contribution is -0.159. The summed E-state index contributed by atoms with van der Waals surface area (Å²) in [6, 6.07) is 0.374. The molecule has 0 aromatic rings. The van der Waals surface area contributed by atoms with Gasteiger partial charge in [-0.3, -0.25) is 9.59 Å².